The molecule has 0 radical (unpaired) electrons. The summed E-state index contributed by atoms with van der Waals surface area (Å²) in [6.07, 6.45) is 3.14. The summed E-state index contributed by atoms with van der Waals surface area (Å²) in [5.41, 5.74) is 0.676. The fourth-order valence-electron chi connectivity index (χ4n) is 2.88. The van der Waals surface area contributed by atoms with Gasteiger partial charge in [0.2, 0.25) is 5.91 Å². The van der Waals surface area contributed by atoms with Crippen molar-refractivity contribution >= 4 is 22.6 Å². The zero-order chi connectivity index (χ0) is 20.3. The number of fused-ring (bicyclic) bond motifs is 1. The van der Waals surface area contributed by atoms with E-state index in [-0.39, 0.29) is 30.0 Å². The summed E-state index contributed by atoms with van der Waals surface area (Å²) in [5, 5.41) is 7.57. The largest absolute Gasteiger partial charge is 0.492 e. The van der Waals surface area contributed by atoms with Gasteiger partial charge in [-0.3, -0.25) is 14.2 Å². The Kier molecular flexibility index (Phi) is 5.48. The quantitative estimate of drug-likeness (QED) is 0.707. The van der Waals surface area contributed by atoms with Gasteiger partial charge in [0.25, 0.3) is 5.56 Å². The maximum absolute atomic E-state index is 12.7. The van der Waals surface area contributed by atoms with Crippen LogP contribution < -0.4 is 15.6 Å². The van der Waals surface area contributed by atoms with Gasteiger partial charge in [-0.05, 0) is 39.8 Å². The van der Waals surface area contributed by atoms with Crippen molar-refractivity contribution in [3.05, 3.63) is 47.1 Å². The summed E-state index contributed by atoms with van der Waals surface area (Å²) in [6, 6.07) is 7.25. The highest BCUT2D eigenvalue weighted by atomic mass is 16.5. The highest BCUT2D eigenvalue weighted by Gasteiger charge is 2.19. The number of para-hydroxylation sites is 2. The van der Waals surface area contributed by atoms with Gasteiger partial charge in [-0.15, -0.1) is 0 Å². The Labute approximate surface area is 163 Å². The van der Waals surface area contributed by atoms with Gasteiger partial charge in [0.15, 0.2) is 5.65 Å². The molecule has 2 aromatic heterocycles. The summed E-state index contributed by atoms with van der Waals surface area (Å²) in [4.78, 5) is 29.4. The molecule has 0 spiro atoms. The molecular formula is C20H25N5O3. The predicted octanol–water partition coefficient (Wildman–Crippen LogP) is 2.78. The molecule has 1 aromatic carbocycles. The van der Waals surface area contributed by atoms with Gasteiger partial charge in [-0.25, -0.2) is 9.67 Å². The molecule has 0 aliphatic rings. The Hall–Kier alpha value is -3.16. The lowest BCUT2D eigenvalue weighted by Crippen LogP contribution is -2.26. The second-order valence-electron chi connectivity index (χ2n) is 7.43. The molecule has 2 heterocycles. The standard InChI is InChI=1S/C20H25N5O3/c1-5-28-16-9-7-6-8-15(16)23-17(26)10-11-24-13-21-18-14(19(24)27)12-22-25(18)20(2,3)4/h6-9,12-13H,5,10-11H2,1-4H3,(H,23,26). The molecule has 1 amide bonds. The van der Waals surface area contributed by atoms with Crippen molar-refractivity contribution in [2.75, 3.05) is 11.9 Å². The molecule has 0 aliphatic heterocycles. The van der Waals surface area contributed by atoms with Crippen LogP contribution in [0.5, 0.6) is 5.75 Å². The highest BCUT2D eigenvalue weighted by molar-refractivity contribution is 5.92. The van der Waals surface area contributed by atoms with E-state index >= 15 is 0 Å². The maximum Gasteiger partial charge on any atom is 0.264 e. The minimum absolute atomic E-state index is 0.140. The SMILES string of the molecule is CCOc1ccccc1NC(=O)CCn1cnc2c(cnn2C(C)(C)C)c1=O. The monoisotopic (exact) mass is 383 g/mol. The third-order valence-corrected chi connectivity index (χ3v) is 4.23. The first kappa shape index (κ1) is 19.6. The van der Waals surface area contributed by atoms with Gasteiger partial charge in [-0.2, -0.15) is 5.10 Å². The summed E-state index contributed by atoms with van der Waals surface area (Å²) in [7, 11) is 0. The first-order chi connectivity index (χ1) is 13.3. The van der Waals surface area contributed by atoms with Crippen LogP contribution in [0.2, 0.25) is 0 Å². The number of aryl methyl sites for hydroxylation is 1. The van der Waals surface area contributed by atoms with E-state index in [0.29, 0.717) is 29.1 Å². The molecule has 8 heteroatoms. The van der Waals surface area contributed by atoms with E-state index in [4.69, 9.17) is 4.74 Å². The summed E-state index contributed by atoms with van der Waals surface area (Å²) >= 11 is 0. The maximum atomic E-state index is 12.7. The average molecular weight is 383 g/mol. The molecule has 0 aliphatic carbocycles. The van der Waals surface area contributed by atoms with Crippen LogP contribution in [-0.4, -0.2) is 31.8 Å². The van der Waals surface area contributed by atoms with Crippen molar-refractivity contribution < 1.29 is 9.53 Å². The van der Waals surface area contributed by atoms with Crippen molar-refractivity contribution in [2.45, 2.75) is 46.2 Å². The Bertz CT molecular complexity index is 1050. The minimum Gasteiger partial charge on any atom is -0.492 e. The van der Waals surface area contributed by atoms with Crippen LogP contribution in [0.4, 0.5) is 5.69 Å². The number of anilines is 1. The highest BCUT2D eigenvalue weighted by Crippen LogP contribution is 2.23. The lowest BCUT2D eigenvalue weighted by atomic mass is 10.1. The third-order valence-electron chi connectivity index (χ3n) is 4.23. The second kappa shape index (κ2) is 7.84. The molecule has 8 nitrogen and oxygen atoms in total. The summed E-state index contributed by atoms with van der Waals surface area (Å²) < 4.78 is 8.67. The number of ether oxygens (including phenoxy) is 1. The molecule has 0 saturated carbocycles. The van der Waals surface area contributed by atoms with Crippen LogP contribution in [0.1, 0.15) is 34.1 Å². The molecule has 0 atom stereocenters. The van der Waals surface area contributed by atoms with Crippen LogP contribution >= 0.6 is 0 Å². The number of benzene rings is 1. The number of carbonyl (C=O) groups excluding carboxylic acids is 1. The zero-order valence-corrected chi connectivity index (χ0v) is 16.6. The number of hydrogen-bond acceptors (Lipinski definition) is 5. The van der Waals surface area contributed by atoms with Crippen molar-refractivity contribution in [3.8, 4) is 5.75 Å². The predicted molar refractivity (Wildman–Crippen MR) is 108 cm³/mol. The first-order valence-corrected chi connectivity index (χ1v) is 9.26. The zero-order valence-electron chi connectivity index (χ0n) is 16.6. The molecule has 1 N–H and O–H groups in total. The molecule has 0 saturated heterocycles. The average Bonchev–Trinajstić information content (AvgIpc) is 3.08. The van der Waals surface area contributed by atoms with E-state index in [9.17, 15) is 9.59 Å². The van der Waals surface area contributed by atoms with Gasteiger partial charge >= 0.3 is 0 Å². The second-order valence-corrected chi connectivity index (χ2v) is 7.43. The summed E-state index contributed by atoms with van der Waals surface area (Å²) in [6.45, 7) is 8.61. The van der Waals surface area contributed by atoms with Crippen LogP contribution in [0.25, 0.3) is 11.0 Å². The summed E-state index contributed by atoms with van der Waals surface area (Å²) in [5.74, 6) is 0.415. The smallest absolute Gasteiger partial charge is 0.264 e. The van der Waals surface area contributed by atoms with Crippen molar-refractivity contribution in [3.63, 3.8) is 0 Å². The Morgan fingerprint density at radius 3 is 2.71 bits per heavy atom. The van der Waals surface area contributed by atoms with E-state index < -0.39 is 0 Å². The molecule has 3 rings (SSSR count). The van der Waals surface area contributed by atoms with E-state index in [2.05, 4.69) is 15.4 Å². The van der Waals surface area contributed by atoms with E-state index in [0.717, 1.165) is 0 Å². The number of rotatable bonds is 6. The van der Waals surface area contributed by atoms with E-state index in [1.165, 1.54) is 17.1 Å². The van der Waals surface area contributed by atoms with Gasteiger partial charge in [0.05, 0.1) is 30.4 Å². The number of nitrogens with one attached hydrogen (secondary N) is 1. The third kappa shape index (κ3) is 4.05. The topological polar surface area (TPSA) is 91.0 Å². The Morgan fingerprint density at radius 2 is 2.00 bits per heavy atom. The Morgan fingerprint density at radius 1 is 1.25 bits per heavy atom. The fourth-order valence-corrected chi connectivity index (χ4v) is 2.88. The number of amides is 1. The van der Waals surface area contributed by atoms with E-state index in [1.54, 1.807) is 16.8 Å². The molecule has 0 bridgehead atoms. The lowest BCUT2D eigenvalue weighted by Gasteiger charge is -2.19. The molecular weight excluding hydrogens is 358 g/mol. The van der Waals surface area contributed by atoms with Crippen LogP contribution in [0, 0.1) is 0 Å². The van der Waals surface area contributed by atoms with Crippen LogP contribution in [0.3, 0.4) is 0 Å². The Balaban J connectivity index is 1.73. The first-order valence-electron chi connectivity index (χ1n) is 9.26. The van der Waals surface area contributed by atoms with Crippen molar-refractivity contribution in [1.82, 2.24) is 19.3 Å². The van der Waals surface area contributed by atoms with E-state index in [1.807, 2.05) is 39.8 Å². The van der Waals surface area contributed by atoms with Gasteiger partial charge in [-0.1, -0.05) is 12.1 Å². The number of aromatic nitrogens is 4. The molecule has 148 valence electrons. The number of hydrogen-bond donors (Lipinski definition) is 1. The van der Waals surface area contributed by atoms with Gasteiger partial charge in [0.1, 0.15) is 11.1 Å². The molecule has 28 heavy (non-hydrogen) atoms. The van der Waals surface area contributed by atoms with Gasteiger partial charge < -0.3 is 10.1 Å². The van der Waals surface area contributed by atoms with Crippen molar-refractivity contribution in [2.24, 2.45) is 0 Å². The molecule has 3 aromatic rings. The minimum atomic E-state index is -0.277. The van der Waals surface area contributed by atoms with Crippen molar-refractivity contribution in [1.29, 1.82) is 0 Å². The molecule has 0 unspecified atom stereocenters. The molecule has 0 fully saturated rings. The number of nitrogens with zero attached hydrogens (tertiary/aromatic N) is 4. The normalized spacial score (nSPS) is 11.6. The lowest BCUT2D eigenvalue weighted by molar-refractivity contribution is -0.116. The number of carbonyl (C=O) groups is 1. The fraction of sp³-hybridized carbons (Fsp3) is 0.400. The van der Waals surface area contributed by atoms with Crippen LogP contribution in [0.15, 0.2) is 41.6 Å². The van der Waals surface area contributed by atoms with Gasteiger partial charge in [0, 0.05) is 13.0 Å². The van der Waals surface area contributed by atoms with Crippen LogP contribution in [-0.2, 0) is 16.9 Å².